The molecule has 3 nitrogen and oxygen atoms in total. The lowest BCUT2D eigenvalue weighted by Crippen LogP contribution is -2.34. The van der Waals surface area contributed by atoms with Crippen LogP contribution in [0.4, 0.5) is 0 Å². The van der Waals surface area contributed by atoms with Crippen molar-refractivity contribution in [3.05, 3.63) is 0 Å². The highest BCUT2D eigenvalue weighted by molar-refractivity contribution is 5.55. The third kappa shape index (κ3) is 1.97. The Morgan fingerprint density at radius 2 is 2.33 bits per heavy atom. The molecule has 1 rings (SSSR count). The molecule has 2 atom stereocenters. The van der Waals surface area contributed by atoms with Crippen LogP contribution in [0.15, 0.2) is 4.99 Å². The molecule has 1 N–H and O–H groups in total. The van der Waals surface area contributed by atoms with Crippen molar-refractivity contribution in [2.75, 3.05) is 6.61 Å². The molecule has 1 heterocycles. The molecule has 1 aliphatic rings. The van der Waals surface area contributed by atoms with Crippen LogP contribution in [0.1, 0.15) is 27.7 Å². The second-order valence-corrected chi connectivity index (χ2v) is 3.85. The zero-order valence-electron chi connectivity index (χ0n) is 8.29. The van der Waals surface area contributed by atoms with Crippen molar-refractivity contribution in [2.45, 2.75) is 39.5 Å². The van der Waals surface area contributed by atoms with Gasteiger partial charge in [-0.1, -0.05) is 13.8 Å². The van der Waals surface area contributed by atoms with E-state index in [1.54, 1.807) is 6.34 Å². The van der Waals surface area contributed by atoms with E-state index >= 15 is 0 Å². The van der Waals surface area contributed by atoms with Crippen LogP contribution < -0.4 is 5.32 Å². The lowest BCUT2D eigenvalue weighted by atomic mass is 10.0. The first-order valence-electron chi connectivity index (χ1n) is 4.48. The van der Waals surface area contributed by atoms with Gasteiger partial charge in [0, 0.05) is 12.0 Å². The summed E-state index contributed by atoms with van der Waals surface area (Å²) in [4.78, 5) is 4.35. The van der Waals surface area contributed by atoms with E-state index in [-0.39, 0.29) is 5.72 Å². The average Bonchev–Trinajstić information content (AvgIpc) is 2.15. The summed E-state index contributed by atoms with van der Waals surface area (Å²) >= 11 is 0. The second kappa shape index (κ2) is 3.44. The fraction of sp³-hybridized carbons (Fsp3) is 0.889. The van der Waals surface area contributed by atoms with Gasteiger partial charge in [0.05, 0.1) is 12.9 Å². The third-order valence-corrected chi connectivity index (χ3v) is 2.38. The zero-order chi connectivity index (χ0) is 9.19. The minimum Gasteiger partial charge on any atom is -0.372 e. The highest BCUT2D eigenvalue weighted by Crippen LogP contribution is 2.23. The standard InChI is InChI=1S/C9H18N2O/c1-7(2)9(4)11-6-10-8(3)5-12-9/h6-8H,5H2,1-4H3,(H,10,11). The van der Waals surface area contributed by atoms with E-state index in [9.17, 15) is 0 Å². The minimum atomic E-state index is -0.349. The highest BCUT2D eigenvalue weighted by Gasteiger charge is 2.29. The van der Waals surface area contributed by atoms with Crippen molar-refractivity contribution >= 4 is 6.34 Å². The molecule has 0 aromatic rings. The van der Waals surface area contributed by atoms with Crippen molar-refractivity contribution in [1.29, 1.82) is 0 Å². The summed E-state index contributed by atoms with van der Waals surface area (Å²) in [5, 5.41) is 3.14. The number of hydrogen-bond donors (Lipinski definition) is 1. The van der Waals surface area contributed by atoms with Crippen LogP contribution in [0, 0.1) is 5.92 Å². The predicted octanol–water partition coefficient (Wildman–Crippen LogP) is 1.40. The number of aliphatic imine (C=N–C) groups is 1. The van der Waals surface area contributed by atoms with Crippen LogP contribution in [-0.2, 0) is 4.74 Å². The van der Waals surface area contributed by atoms with Crippen molar-refractivity contribution in [3.63, 3.8) is 0 Å². The smallest absolute Gasteiger partial charge is 0.160 e. The molecule has 0 fully saturated rings. The van der Waals surface area contributed by atoms with Gasteiger partial charge in [-0.2, -0.15) is 0 Å². The van der Waals surface area contributed by atoms with Crippen molar-refractivity contribution < 1.29 is 4.74 Å². The SMILES string of the molecule is CC1COC(C)(C(C)C)N=CN1. The first-order chi connectivity index (χ1) is 5.54. The Morgan fingerprint density at radius 3 is 2.92 bits per heavy atom. The molecule has 0 aromatic heterocycles. The summed E-state index contributed by atoms with van der Waals surface area (Å²) in [6, 6.07) is 0.356. The van der Waals surface area contributed by atoms with Crippen molar-refractivity contribution in [1.82, 2.24) is 5.32 Å². The molecular formula is C9H18N2O. The Morgan fingerprint density at radius 1 is 1.67 bits per heavy atom. The Labute approximate surface area is 74.2 Å². The summed E-state index contributed by atoms with van der Waals surface area (Å²) in [6.07, 6.45) is 1.76. The van der Waals surface area contributed by atoms with Gasteiger partial charge in [0.2, 0.25) is 0 Å². The molecule has 2 unspecified atom stereocenters. The molecule has 0 amide bonds. The largest absolute Gasteiger partial charge is 0.372 e. The fourth-order valence-electron chi connectivity index (χ4n) is 0.988. The topological polar surface area (TPSA) is 33.6 Å². The molecule has 0 aliphatic carbocycles. The van der Waals surface area contributed by atoms with Gasteiger partial charge in [-0.05, 0) is 13.8 Å². The number of nitrogens with one attached hydrogen (secondary N) is 1. The first kappa shape index (κ1) is 9.52. The van der Waals surface area contributed by atoms with Gasteiger partial charge in [-0.15, -0.1) is 0 Å². The van der Waals surface area contributed by atoms with Gasteiger partial charge in [0.25, 0.3) is 0 Å². The third-order valence-electron chi connectivity index (χ3n) is 2.38. The number of ether oxygens (including phenoxy) is 1. The Kier molecular flexibility index (Phi) is 2.73. The molecule has 0 saturated carbocycles. The normalized spacial score (nSPS) is 36.2. The van der Waals surface area contributed by atoms with Crippen LogP contribution in [0.3, 0.4) is 0 Å². The molecule has 0 saturated heterocycles. The Balaban J connectivity index is 2.67. The summed E-state index contributed by atoms with van der Waals surface area (Å²) < 4.78 is 5.70. The Bertz CT molecular complexity index is 179. The molecule has 3 heteroatoms. The maximum absolute atomic E-state index is 5.70. The molecule has 0 aromatic carbocycles. The molecule has 12 heavy (non-hydrogen) atoms. The van der Waals surface area contributed by atoms with E-state index in [1.807, 2.05) is 6.92 Å². The predicted molar refractivity (Wildman–Crippen MR) is 50.3 cm³/mol. The van der Waals surface area contributed by atoms with Gasteiger partial charge in [-0.25, -0.2) is 4.99 Å². The van der Waals surface area contributed by atoms with E-state index in [2.05, 4.69) is 31.1 Å². The average molecular weight is 170 g/mol. The quantitative estimate of drug-likeness (QED) is 0.645. The summed E-state index contributed by atoms with van der Waals surface area (Å²) in [5.41, 5.74) is -0.349. The molecular weight excluding hydrogens is 152 g/mol. The summed E-state index contributed by atoms with van der Waals surface area (Å²) in [7, 11) is 0. The molecule has 1 aliphatic heterocycles. The number of hydrogen-bond acceptors (Lipinski definition) is 3. The molecule has 0 bridgehead atoms. The van der Waals surface area contributed by atoms with Gasteiger partial charge in [-0.3, -0.25) is 0 Å². The zero-order valence-corrected chi connectivity index (χ0v) is 8.29. The van der Waals surface area contributed by atoms with Crippen LogP contribution in [0.5, 0.6) is 0 Å². The van der Waals surface area contributed by atoms with Gasteiger partial charge < -0.3 is 10.1 Å². The Hall–Kier alpha value is -0.570. The van der Waals surface area contributed by atoms with Gasteiger partial charge in [0.15, 0.2) is 5.72 Å². The number of nitrogens with zero attached hydrogens (tertiary/aromatic N) is 1. The summed E-state index contributed by atoms with van der Waals surface area (Å²) in [5.74, 6) is 0.404. The van der Waals surface area contributed by atoms with Crippen LogP contribution in [-0.4, -0.2) is 24.7 Å². The highest BCUT2D eigenvalue weighted by atomic mass is 16.5. The molecule has 0 spiro atoms. The van der Waals surface area contributed by atoms with E-state index in [0.29, 0.717) is 18.6 Å². The van der Waals surface area contributed by atoms with E-state index in [0.717, 1.165) is 0 Å². The minimum absolute atomic E-state index is 0.349. The lowest BCUT2D eigenvalue weighted by Gasteiger charge is -2.28. The van der Waals surface area contributed by atoms with Crippen LogP contribution >= 0.6 is 0 Å². The fourth-order valence-corrected chi connectivity index (χ4v) is 0.988. The van der Waals surface area contributed by atoms with E-state index in [4.69, 9.17) is 4.74 Å². The van der Waals surface area contributed by atoms with Crippen LogP contribution in [0.25, 0.3) is 0 Å². The molecule has 0 radical (unpaired) electrons. The van der Waals surface area contributed by atoms with Crippen molar-refractivity contribution in [2.24, 2.45) is 10.9 Å². The van der Waals surface area contributed by atoms with Gasteiger partial charge in [0.1, 0.15) is 0 Å². The van der Waals surface area contributed by atoms with Crippen molar-refractivity contribution in [3.8, 4) is 0 Å². The van der Waals surface area contributed by atoms with Gasteiger partial charge >= 0.3 is 0 Å². The first-order valence-corrected chi connectivity index (χ1v) is 4.48. The monoisotopic (exact) mass is 170 g/mol. The maximum atomic E-state index is 5.70. The lowest BCUT2D eigenvalue weighted by molar-refractivity contribution is -0.0583. The van der Waals surface area contributed by atoms with Crippen LogP contribution in [0.2, 0.25) is 0 Å². The molecule has 70 valence electrons. The number of rotatable bonds is 1. The second-order valence-electron chi connectivity index (χ2n) is 3.85. The van der Waals surface area contributed by atoms with E-state index < -0.39 is 0 Å². The maximum Gasteiger partial charge on any atom is 0.160 e. The summed E-state index contributed by atoms with van der Waals surface area (Å²) in [6.45, 7) is 9.06. The van der Waals surface area contributed by atoms with E-state index in [1.165, 1.54) is 0 Å².